The van der Waals surface area contributed by atoms with E-state index in [0.29, 0.717) is 29.0 Å². The highest BCUT2D eigenvalue weighted by atomic mass is 19.3. The van der Waals surface area contributed by atoms with Gasteiger partial charge in [-0.05, 0) is 56.2 Å². The largest absolute Gasteiger partial charge is 0.493 e. The third kappa shape index (κ3) is 7.02. The second-order valence-electron chi connectivity index (χ2n) is 6.61. The zero-order chi connectivity index (χ0) is 22.1. The van der Waals surface area contributed by atoms with Crippen LogP contribution in [0.1, 0.15) is 48.7 Å². The first-order valence-electron chi connectivity index (χ1n) is 9.46. The molecule has 1 atom stereocenters. The van der Waals surface area contributed by atoms with Crippen molar-refractivity contribution >= 4 is 11.7 Å². The van der Waals surface area contributed by atoms with E-state index in [1.807, 2.05) is 0 Å². The molecule has 0 aliphatic carbocycles. The summed E-state index contributed by atoms with van der Waals surface area (Å²) in [5, 5.41) is 2.82. The van der Waals surface area contributed by atoms with Crippen LogP contribution in [0.3, 0.4) is 0 Å². The lowest BCUT2D eigenvalue weighted by Crippen LogP contribution is -2.26. The highest BCUT2D eigenvalue weighted by Crippen LogP contribution is 2.28. The molecular formula is C22H25F2NO5. The van der Waals surface area contributed by atoms with Crippen molar-refractivity contribution in [3.63, 3.8) is 0 Å². The smallest absolute Gasteiger partial charge is 0.387 e. The van der Waals surface area contributed by atoms with Crippen LogP contribution in [0.2, 0.25) is 0 Å². The van der Waals surface area contributed by atoms with Gasteiger partial charge in [-0.2, -0.15) is 8.78 Å². The van der Waals surface area contributed by atoms with E-state index in [1.165, 1.54) is 26.2 Å². The van der Waals surface area contributed by atoms with Crippen LogP contribution in [0, 0.1) is 0 Å². The van der Waals surface area contributed by atoms with Crippen molar-refractivity contribution in [1.82, 2.24) is 5.32 Å². The molecular weight excluding hydrogens is 396 g/mol. The molecule has 0 radical (unpaired) electrons. The van der Waals surface area contributed by atoms with Crippen LogP contribution in [0.4, 0.5) is 8.78 Å². The van der Waals surface area contributed by atoms with Crippen LogP contribution < -0.4 is 19.5 Å². The lowest BCUT2D eigenvalue weighted by Gasteiger charge is -2.16. The fourth-order valence-corrected chi connectivity index (χ4v) is 2.78. The highest BCUT2D eigenvalue weighted by molar-refractivity contribution is 5.94. The van der Waals surface area contributed by atoms with Crippen LogP contribution in [-0.4, -0.2) is 32.0 Å². The van der Waals surface area contributed by atoms with E-state index in [-0.39, 0.29) is 36.5 Å². The predicted octanol–water partition coefficient (Wildman–Crippen LogP) is 4.54. The topological polar surface area (TPSA) is 73.9 Å². The molecule has 0 saturated heterocycles. The number of carbonyl (C=O) groups excluding carboxylic acids is 2. The molecule has 2 rings (SSSR count). The van der Waals surface area contributed by atoms with Crippen molar-refractivity contribution in [2.75, 3.05) is 13.7 Å². The standard InChI is InChI=1S/C22H25F2NO5/c1-14(16-6-4-7-18(12-16)30-22(23)24)25-21(27)8-5-11-29-19-10-9-17(15(2)26)13-20(19)28-3/h4,6-7,9-10,12-14,22H,5,8,11H2,1-3H3,(H,25,27). The second-order valence-corrected chi connectivity index (χ2v) is 6.61. The molecule has 1 amide bonds. The molecule has 0 spiro atoms. The summed E-state index contributed by atoms with van der Waals surface area (Å²) >= 11 is 0. The van der Waals surface area contributed by atoms with E-state index in [4.69, 9.17) is 9.47 Å². The van der Waals surface area contributed by atoms with Gasteiger partial charge < -0.3 is 19.5 Å². The Hall–Kier alpha value is -3.16. The molecule has 6 nitrogen and oxygen atoms in total. The number of methoxy groups -OCH3 is 1. The van der Waals surface area contributed by atoms with Gasteiger partial charge in [0.05, 0.1) is 19.8 Å². The van der Waals surface area contributed by atoms with E-state index >= 15 is 0 Å². The average Bonchev–Trinajstić information content (AvgIpc) is 2.70. The zero-order valence-corrected chi connectivity index (χ0v) is 17.1. The van der Waals surface area contributed by atoms with Gasteiger partial charge in [-0.1, -0.05) is 12.1 Å². The summed E-state index contributed by atoms with van der Waals surface area (Å²) in [4.78, 5) is 23.6. The number of alkyl halides is 2. The van der Waals surface area contributed by atoms with Crippen molar-refractivity contribution in [2.24, 2.45) is 0 Å². The number of rotatable bonds is 11. The van der Waals surface area contributed by atoms with Crippen LogP contribution in [0.5, 0.6) is 17.2 Å². The third-order valence-electron chi connectivity index (χ3n) is 4.34. The molecule has 0 aliphatic heterocycles. The predicted molar refractivity (Wildman–Crippen MR) is 107 cm³/mol. The molecule has 8 heteroatoms. The number of amides is 1. The van der Waals surface area contributed by atoms with Gasteiger partial charge in [0.25, 0.3) is 0 Å². The number of hydrogen-bond acceptors (Lipinski definition) is 5. The zero-order valence-electron chi connectivity index (χ0n) is 17.1. The summed E-state index contributed by atoms with van der Waals surface area (Å²) < 4.78 is 39.9. The van der Waals surface area contributed by atoms with Crippen molar-refractivity contribution in [3.05, 3.63) is 53.6 Å². The maximum Gasteiger partial charge on any atom is 0.387 e. The van der Waals surface area contributed by atoms with Gasteiger partial charge in [-0.15, -0.1) is 0 Å². The molecule has 1 N–H and O–H groups in total. The highest BCUT2D eigenvalue weighted by Gasteiger charge is 2.13. The average molecular weight is 421 g/mol. The lowest BCUT2D eigenvalue weighted by molar-refractivity contribution is -0.122. The molecule has 0 aromatic heterocycles. The van der Waals surface area contributed by atoms with Crippen molar-refractivity contribution in [1.29, 1.82) is 0 Å². The van der Waals surface area contributed by atoms with Gasteiger partial charge >= 0.3 is 6.61 Å². The Morgan fingerprint density at radius 3 is 2.53 bits per heavy atom. The van der Waals surface area contributed by atoms with Crippen LogP contribution >= 0.6 is 0 Å². The van der Waals surface area contributed by atoms with Crippen molar-refractivity contribution in [2.45, 2.75) is 39.3 Å². The quantitative estimate of drug-likeness (QED) is 0.426. The maximum absolute atomic E-state index is 12.3. The summed E-state index contributed by atoms with van der Waals surface area (Å²) in [6, 6.07) is 10.8. The normalized spacial score (nSPS) is 11.7. The molecule has 1 unspecified atom stereocenters. The Labute approximate surface area is 174 Å². The molecule has 0 aliphatic rings. The molecule has 0 bridgehead atoms. The summed E-state index contributed by atoms with van der Waals surface area (Å²) in [6.45, 7) is 0.617. The van der Waals surface area contributed by atoms with E-state index in [1.54, 1.807) is 37.3 Å². The first-order chi connectivity index (χ1) is 14.3. The van der Waals surface area contributed by atoms with Crippen LogP contribution in [0.15, 0.2) is 42.5 Å². The minimum absolute atomic E-state index is 0.0433. The molecule has 30 heavy (non-hydrogen) atoms. The Morgan fingerprint density at radius 1 is 1.10 bits per heavy atom. The summed E-state index contributed by atoms with van der Waals surface area (Å²) in [5.74, 6) is 0.725. The number of halogens is 2. The van der Waals surface area contributed by atoms with E-state index in [0.717, 1.165) is 0 Å². The molecule has 0 heterocycles. The van der Waals surface area contributed by atoms with Crippen molar-refractivity contribution in [3.8, 4) is 17.2 Å². The summed E-state index contributed by atoms with van der Waals surface area (Å²) in [6.07, 6.45) is 0.691. The van der Waals surface area contributed by atoms with E-state index < -0.39 is 6.61 Å². The summed E-state index contributed by atoms with van der Waals surface area (Å²) in [7, 11) is 1.49. The van der Waals surface area contributed by atoms with Crippen LogP contribution in [0.25, 0.3) is 0 Å². The summed E-state index contributed by atoms with van der Waals surface area (Å²) in [5.41, 5.74) is 1.18. The number of benzene rings is 2. The number of ketones is 1. The first kappa shape index (κ1) is 23.1. The molecule has 2 aromatic rings. The lowest BCUT2D eigenvalue weighted by atomic mass is 10.1. The molecule has 0 saturated carbocycles. The molecule has 2 aromatic carbocycles. The van der Waals surface area contributed by atoms with Gasteiger partial charge in [0.2, 0.25) is 5.91 Å². The Morgan fingerprint density at radius 2 is 1.87 bits per heavy atom. The van der Waals surface area contributed by atoms with Gasteiger partial charge in [0.1, 0.15) is 5.75 Å². The number of Topliss-reactive ketones (excluding diaryl/α,β-unsaturated/α-hetero) is 1. The first-order valence-corrected chi connectivity index (χ1v) is 9.46. The third-order valence-corrected chi connectivity index (χ3v) is 4.34. The van der Waals surface area contributed by atoms with Gasteiger partial charge in [-0.25, -0.2) is 0 Å². The molecule has 162 valence electrons. The monoisotopic (exact) mass is 421 g/mol. The Kier molecular flexibility index (Phi) is 8.58. The van der Waals surface area contributed by atoms with Gasteiger partial charge in [-0.3, -0.25) is 9.59 Å². The van der Waals surface area contributed by atoms with Gasteiger partial charge in [0.15, 0.2) is 17.3 Å². The number of nitrogens with one attached hydrogen (secondary N) is 1. The van der Waals surface area contributed by atoms with Gasteiger partial charge in [0, 0.05) is 12.0 Å². The second kappa shape index (κ2) is 11.1. The minimum atomic E-state index is -2.90. The van der Waals surface area contributed by atoms with E-state index in [9.17, 15) is 18.4 Å². The fourth-order valence-electron chi connectivity index (χ4n) is 2.78. The SMILES string of the molecule is COc1cc(C(C)=O)ccc1OCCCC(=O)NC(C)c1cccc(OC(F)F)c1. The van der Waals surface area contributed by atoms with Crippen molar-refractivity contribution < 1.29 is 32.6 Å². The fraction of sp³-hybridized carbons (Fsp3) is 0.364. The number of hydrogen-bond donors (Lipinski definition) is 1. The molecule has 0 fully saturated rings. The Bertz CT molecular complexity index is 872. The minimum Gasteiger partial charge on any atom is -0.493 e. The van der Waals surface area contributed by atoms with Crippen LogP contribution in [-0.2, 0) is 4.79 Å². The Balaban J connectivity index is 1.81. The maximum atomic E-state index is 12.3. The number of carbonyl (C=O) groups is 2. The number of ether oxygens (including phenoxy) is 3. The van der Waals surface area contributed by atoms with E-state index in [2.05, 4.69) is 10.1 Å².